The number of nitrogens with one attached hydrogen (secondary N) is 2. The third kappa shape index (κ3) is 4.27. The van der Waals surface area contributed by atoms with Crippen LogP contribution in [0.2, 0.25) is 0 Å². The maximum atomic E-state index is 11.8. The first-order valence-corrected chi connectivity index (χ1v) is 7.40. The number of amides is 1. The number of unbranched alkanes of at least 4 members (excludes halogenated alkanes) is 3. The normalized spacial score (nSPS) is 17.4. The molecule has 1 heterocycles. The monoisotopic (exact) mass is 260 g/mol. The predicted octanol–water partition coefficient (Wildman–Crippen LogP) is 3.11. The van der Waals surface area contributed by atoms with E-state index in [9.17, 15) is 4.79 Å². The zero-order valence-corrected chi connectivity index (χ0v) is 11.7. The molecule has 1 aromatic rings. The lowest BCUT2D eigenvalue weighted by Gasteiger charge is -2.26. The Bertz CT molecular complexity index is 417. The summed E-state index contributed by atoms with van der Waals surface area (Å²) in [5.41, 5.74) is 2.50. The van der Waals surface area contributed by atoms with Gasteiger partial charge in [-0.1, -0.05) is 44.4 Å². The van der Waals surface area contributed by atoms with E-state index in [1.54, 1.807) is 0 Å². The Morgan fingerprint density at radius 2 is 2.16 bits per heavy atom. The molecule has 19 heavy (non-hydrogen) atoms. The van der Waals surface area contributed by atoms with Crippen molar-refractivity contribution in [3.8, 4) is 0 Å². The fourth-order valence-corrected chi connectivity index (χ4v) is 2.56. The van der Waals surface area contributed by atoms with Gasteiger partial charge in [0.1, 0.15) is 0 Å². The standard InChI is InChI=1S/C16H24N2O/c1-2-3-4-5-10-16(19)18-14-11-13-8-6-7-9-15(13)17-12-14/h6-9,14,17H,2-5,10-12H2,1H3,(H,18,19). The highest BCUT2D eigenvalue weighted by molar-refractivity contribution is 5.76. The molecule has 1 unspecified atom stereocenters. The molecule has 1 amide bonds. The van der Waals surface area contributed by atoms with Crippen LogP contribution in [0.5, 0.6) is 0 Å². The molecule has 0 aromatic heterocycles. The average molecular weight is 260 g/mol. The summed E-state index contributed by atoms with van der Waals surface area (Å²) < 4.78 is 0. The second-order valence-electron chi connectivity index (χ2n) is 5.32. The molecular formula is C16H24N2O. The van der Waals surface area contributed by atoms with Crippen LogP contribution in [-0.4, -0.2) is 18.5 Å². The second-order valence-corrected chi connectivity index (χ2v) is 5.32. The van der Waals surface area contributed by atoms with Gasteiger partial charge in [-0.05, 0) is 24.5 Å². The average Bonchev–Trinajstić information content (AvgIpc) is 2.43. The Kier molecular flexibility index (Phi) is 5.25. The topological polar surface area (TPSA) is 41.1 Å². The van der Waals surface area contributed by atoms with Crippen molar-refractivity contribution in [1.82, 2.24) is 5.32 Å². The quantitative estimate of drug-likeness (QED) is 0.772. The molecule has 1 atom stereocenters. The van der Waals surface area contributed by atoms with E-state index in [1.165, 1.54) is 24.1 Å². The van der Waals surface area contributed by atoms with E-state index >= 15 is 0 Å². The summed E-state index contributed by atoms with van der Waals surface area (Å²) in [5, 5.41) is 6.51. The van der Waals surface area contributed by atoms with E-state index < -0.39 is 0 Å². The number of carbonyl (C=O) groups is 1. The first-order valence-electron chi connectivity index (χ1n) is 7.40. The third-order valence-electron chi connectivity index (χ3n) is 3.65. The van der Waals surface area contributed by atoms with Gasteiger partial charge in [0.15, 0.2) is 0 Å². The summed E-state index contributed by atoms with van der Waals surface area (Å²) in [4.78, 5) is 11.8. The number of fused-ring (bicyclic) bond motifs is 1. The van der Waals surface area contributed by atoms with Crippen molar-refractivity contribution in [2.24, 2.45) is 0 Å². The van der Waals surface area contributed by atoms with Gasteiger partial charge >= 0.3 is 0 Å². The molecule has 0 radical (unpaired) electrons. The fourth-order valence-electron chi connectivity index (χ4n) is 2.56. The lowest BCUT2D eigenvalue weighted by molar-refractivity contribution is -0.121. The molecule has 1 aliphatic rings. The van der Waals surface area contributed by atoms with E-state index in [0.717, 1.165) is 25.8 Å². The van der Waals surface area contributed by atoms with Crippen LogP contribution < -0.4 is 10.6 Å². The van der Waals surface area contributed by atoms with Crippen molar-refractivity contribution in [2.75, 3.05) is 11.9 Å². The molecular weight excluding hydrogens is 236 g/mol. The van der Waals surface area contributed by atoms with Crippen molar-refractivity contribution in [1.29, 1.82) is 0 Å². The summed E-state index contributed by atoms with van der Waals surface area (Å²) in [6, 6.07) is 8.54. The highest BCUT2D eigenvalue weighted by Gasteiger charge is 2.18. The maximum Gasteiger partial charge on any atom is 0.220 e. The molecule has 1 aliphatic heterocycles. The number of anilines is 1. The van der Waals surface area contributed by atoms with Crippen molar-refractivity contribution >= 4 is 11.6 Å². The molecule has 0 fully saturated rings. The van der Waals surface area contributed by atoms with Crippen molar-refractivity contribution in [3.63, 3.8) is 0 Å². The van der Waals surface area contributed by atoms with E-state index in [2.05, 4.69) is 35.8 Å². The Morgan fingerprint density at radius 3 is 3.00 bits per heavy atom. The fraction of sp³-hybridized carbons (Fsp3) is 0.562. The first kappa shape index (κ1) is 13.9. The highest BCUT2D eigenvalue weighted by atomic mass is 16.1. The zero-order chi connectivity index (χ0) is 13.5. The molecule has 3 nitrogen and oxygen atoms in total. The number of benzene rings is 1. The minimum atomic E-state index is 0.197. The van der Waals surface area contributed by atoms with E-state index in [0.29, 0.717) is 6.42 Å². The summed E-state index contributed by atoms with van der Waals surface area (Å²) in [6.45, 7) is 3.02. The van der Waals surface area contributed by atoms with Gasteiger partial charge in [-0.15, -0.1) is 0 Å². The SMILES string of the molecule is CCCCCCC(=O)NC1CNc2ccccc2C1. The summed E-state index contributed by atoms with van der Waals surface area (Å²) in [6.07, 6.45) is 6.21. The second kappa shape index (κ2) is 7.17. The van der Waals surface area contributed by atoms with Gasteiger partial charge in [0.2, 0.25) is 5.91 Å². The largest absolute Gasteiger partial charge is 0.383 e. The Labute approximate surface area is 115 Å². The third-order valence-corrected chi connectivity index (χ3v) is 3.65. The molecule has 3 heteroatoms. The van der Waals surface area contributed by atoms with Gasteiger partial charge in [-0.3, -0.25) is 4.79 Å². The van der Waals surface area contributed by atoms with Crippen LogP contribution in [0, 0.1) is 0 Å². The van der Waals surface area contributed by atoms with Crippen LogP contribution in [0.15, 0.2) is 24.3 Å². The molecule has 1 aromatic carbocycles. The lowest BCUT2D eigenvalue weighted by atomic mass is 9.99. The number of rotatable bonds is 6. The van der Waals surface area contributed by atoms with E-state index in [1.807, 2.05) is 6.07 Å². The summed E-state index contributed by atoms with van der Waals surface area (Å²) >= 11 is 0. The smallest absolute Gasteiger partial charge is 0.220 e. The van der Waals surface area contributed by atoms with Crippen LogP contribution >= 0.6 is 0 Å². The van der Waals surface area contributed by atoms with Crippen LogP contribution in [-0.2, 0) is 11.2 Å². The minimum Gasteiger partial charge on any atom is -0.383 e. The van der Waals surface area contributed by atoms with Gasteiger partial charge in [0.05, 0.1) is 6.04 Å². The van der Waals surface area contributed by atoms with Crippen LogP contribution in [0.1, 0.15) is 44.6 Å². The van der Waals surface area contributed by atoms with Gasteiger partial charge in [-0.25, -0.2) is 0 Å². The van der Waals surface area contributed by atoms with Crippen LogP contribution in [0.25, 0.3) is 0 Å². The zero-order valence-electron chi connectivity index (χ0n) is 11.7. The molecule has 2 N–H and O–H groups in total. The number of hydrogen-bond donors (Lipinski definition) is 2. The molecule has 0 aliphatic carbocycles. The summed E-state index contributed by atoms with van der Waals surface area (Å²) in [7, 11) is 0. The lowest BCUT2D eigenvalue weighted by Crippen LogP contribution is -2.43. The Hall–Kier alpha value is -1.51. The Balaban J connectivity index is 1.74. The number of hydrogen-bond acceptors (Lipinski definition) is 2. The number of para-hydroxylation sites is 1. The molecule has 0 saturated carbocycles. The molecule has 0 bridgehead atoms. The maximum absolute atomic E-state index is 11.8. The molecule has 2 rings (SSSR count). The number of carbonyl (C=O) groups excluding carboxylic acids is 1. The summed E-state index contributed by atoms with van der Waals surface area (Å²) in [5.74, 6) is 0.197. The highest BCUT2D eigenvalue weighted by Crippen LogP contribution is 2.21. The van der Waals surface area contributed by atoms with Gasteiger partial charge in [0, 0.05) is 18.7 Å². The Morgan fingerprint density at radius 1 is 1.32 bits per heavy atom. The first-order chi connectivity index (χ1) is 9.29. The van der Waals surface area contributed by atoms with Crippen LogP contribution in [0.4, 0.5) is 5.69 Å². The molecule has 0 spiro atoms. The predicted molar refractivity (Wildman–Crippen MR) is 79.3 cm³/mol. The molecule has 104 valence electrons. The van der Waals surface area contributed by atoms with E-state index in [-0.39, 0.29) is 11.9 Å². The van der Waals surface area contributed by atoms with Crippen LogP contribution in [0.3, 0.4) is 0 Å². The van der Waals surface area contributed by atoms with Crippen molar-refractivity contribution in [3.05, 3.63) is 29.8 Å². The van der Waals surface area contributed by atoms with Gasteiger partial charge < -0.3 is 10.6 Å². The van der Waals surface area contributed by atoms with Crippen molar-refractivity contribution < 1.29 is 4.79 Å². The molecule has 0 saturated heterocycles. The van der Waals surface area contributed by atoms with Gasteiger partial charge in [0.25, 0.3) is 0 Å². The van der Waals surface area contributed by atoms with Gasteiger partial charge in [-0.2, -0.15) is 0 Å². The van der Waals surface area contributed by atoms with Crippen molar-refractivity contribution in [2.45, 2.75) is 51.5 Å². The minimum absolute atomic E-state index is 0.197. The van der Waals surface area contributed by atoms with E-state index in [4.69, 9.17) is 0 Å².